The Bertz CT molecular complexity index is 225. The zero-order valence-electron chi connectivity index (χ0n) is 6.38. The van der Waals surface area contributed by atoms with Crippen molar-refractivity contribution in [2.24, 2.45) is 0 Å². The van der Waals surface area contributed by atoms with Gasteiger partial charge in [0, 0.05) is 12.8 Å². The highest BCUT2D eigenvalue weighted by atomic mass is 15.3. The van der Waals surface area contributed by atoms with Crippen LogP contribution in [0.3, 0.4) is 0 Å². The summed E-state index contributed by atoms with van der Waals surface area (Å²) in [5, 5.41) is 10.4. The van der Waals surface area contributed by atoms with Crippen LogP contribution in [0, 0.1) is 0 Å². The maximum absolute atomic E-state index is 3.90. The van der Waals surface area contributed by atoms with Gasteiger partial charge < -0.3 is 0 Å². The molecule has 1 aromatic rings. The third kappa shape index (κ3) is 1.77. The summed E-state index contributed by atoms with van der Waals surface area (Å²) in [6, 6.07) is 0. The smallest absolute Gasteiger partial charge is 0.0897 e. The first-order valence-electron chi connectivity index (χ1n) is 3.49. The molecule has 3 nitrogen and oxygen atoms in total. The SMILES string of the molecule is C=CCc1nn[nH]c1CC=C. The molecule has 1 heterocycles. The van der Waals surface area contributed by atoms with Crippen molar-refractivity contribution in [2.75, 3.05) is 0 Å². The molecule has 0 unspecified atom stereocenters. The summed E-state index contributed by atoms with van der Waals surface area (Å²) < 4.78 is 0. The average molecular weight is 149 g/mol. The van der Waals surface area contributed by atoms with Crippen LogP contribution in [0.5, 0.6) is 0 Å². The maximum atomic E-state index is 3.90. The normalized spacial score (nSPS) is 9.45. The number of H-pyrrole nitrogens is 1. The van der Waals surface area contributed by atoms with Gasteiger partial charge in [0.25, 0.3) is 0 Å². The Hall–Kier alpha value is -1.38. The van der Waals surface area contributed by atoms with Gasteiger partial charge in [0.1, 0.15) is 0 Å². The molecule has 0 bridgehead atoms. The van der Waals surface area contributed by atoms with Gasteiger partial charge >= 0.3 is 0 Å². The van der Waals surface area contributed by atoms with Crippen LogP contribution in [0.4, 0.5) is 0 Å². The first-order chi connectivity index (χ1) is 5.38. The second kappa shape index (κ2) is 3.71. The molecule has 0 saturated carbocycles. The molecule has 0 saturated heterocycles. The summed E-state index contributed by atoms with van der Waals surface area (Å²) in [6.07, 6.45) is 5.18. The number of nitrogens with one attached hydrogen (secondary N) is 1. The molecular weight excluding hydrogens is 138 g/mol. The molecule has 0 amide bonds. The Balaban J connectivity index is 2.76. The molecule has 3 heteroatoms. The number of aromatic amines is 1. The van der Waals surface area contributed by atoms with Gasteiger partial charge in [-0.05, 0) is 0 Å². The zero-order chi connectivity index (χ0) is 8.10. The van der Waals surface area contributed by atoms with E-state index in [0.29, 0.717) is 0 Å². The molecule has 0 spiro atoms. The standard InChI is InChI=1S/C8H11N3/c1-3-5-7-8(6-4-2)10-11-9-7/h3-4H,1-2,5-6H2,(H,9,10,11). The van der Waals surface area contributed by atoms with Crippen LogP contribution < -0.4 is 0 Å². The number of hydrogen-bond acceptors (Lipinski definition) is 2. The van der Waals surface area contributed by atoms with Crippen LogP contribution in [-0.2, 0) is 12.8 Å². The lowest BCUT2D eigenvalue weighted by atomic mass is 10.2. The van der Waals surface area contributed by atoms with Gasteiger partial charge in [-0.15, -0.1) is 18.3 Å². The molecule has 11 heavy (non-hydrogen) atoms. The van der Waals surface area contributed by atoms with Gasteiger partial charge in [-0.2, -0.15) is 0 Å². The van der Waals surface area contributed by atoms with Crippen LogP contribution in [-0.4, -0.2) is 15.4 Å². The fourth-order valence-corrected chi connectivity index (χ4v) is 0.879. The highest BCUT2D eigenvalue weighted by Crippen LogP contribution is 2.03. The molecule has 0 aliphatic carbocycles. The first-order valence-corrected chi connectivity index (χ1v) is 3.49. The Morgan fingerprint density at radius 2 is 2.00 bits per heavy atom. The number of allylic oxidation sites excluding steroid dienone is 2. The van der Waals surface area contributed by atoms with Crippen LogP contribution >= 0.6 is 0 Å². The summed E-state index contributed by atoms with van der Waals surface area (Å²) in [6.45, 7) is 7.26. The fourth-order valence-electron chi connectivity index (χ4n) is 0.879. The average Bonchev–Trinajstić information content (AvgIpc) is 2.39. The molecule has 0 aliphatic rings. The third-order valence-corrected chi connectivity index (χ3v) is 1.39. The van der Waals surface area contributed by atoms with Crippen LogP contribution in [0.2, 0.25) is 0 Å². The summed E-state index contributed by atoms with van der Waals surface area (Å²) in [7, 11) is 0. The highest BCUT2D eigenvalue weighted by molar-refractivity contribution is 5.13. The molecule has 0 aromatic carbocycles. The third-order valence-electron chi connectivity index (χ3n) is 1.39. The monoisotopic (exact) mass is 149 g/mol. The maximum Gasteiger partial charge on any atom is 0.0897 e. The van der Waals surface area contributed by atoms with E-state index in [2.05, 4.69) is 28.6 Å². The molecule has 0 atom stereocenters. The second-order valence-corrected chi connectivity index (χ2v) is 2.22. The quantitative estimate of drug-likeness (QED) is 0.655. The number of nitrogens with zero attached hydrogens (tertiary/aromatic N) is 2. The summed E-state index contributed by atoms with van der Waals surface area (Å²) in [5.74, 6) is 0. The van der Waals surface area contributed by atoms with E-state index in [4.69, 9.17) is 0 Å². The molecule has 0 fully saturated rings. The lowest BCUT2D eigenvalue weighted by Crippen LogP contribution is -1.89. The topological polar surface area (TPSA) is 41.6 Å². The molecule has 1 aromatic heterocycles. The van der Waals surface area contributed by atoms with Gasteiger partial charge in [0.15, 0.2) is 0 Å². The van der Waals surface area contributed by atoms with Crippen molar-refractivity contribution in [3.63, 3.8) is 0 Å². The summed E-state index contributed by atoms with van der Waals surface area (Å²) >= 11 is 0. The Labute approximate surface area is 65.8 Å². The van der Waals surface area contributed by atoms with Crippen molar-refractivity contribution in [3.05, 3.63) is 36.7 Å². The predicted octanol–water partition coefficient (Wildman–Crippen LogP) is 1.26. The predicted molar refractivity (Wildman–Crippen MR) is 44.2 cm³/mol. The van der Waals surface area contributed by atoms with Gasteiger partial charge in [0.05, 0.1) is 11.4 Å². The minimum Gasteiger partial charge on any atom is -0.262 e. The molecule has 1 rings (SSSR count). The summed E-state index contributed by atoms with van der Waals surface area (Å²) in [4.78, 5) is 0. The number of aromatic nitrogens is 3. The minimum absolute atomic E-state index is 0.764. The van der Waals surface area contributed by atoms with Crippen molar-refractivity contribution < 1.29 is 0 Å². The first kappa shape index (κ1) is 7.72. The zero-order valence-corrected chi connectivity index (χ0v) is 6.38. The Morgan fingerprint density at radius 3 is 2.64 bits per heavy atom. The van der Waals surface area contributed by atoms with Crippen LogP contribution in [0.15, 0.2) is 25.3 Å². The van der Waals surface area contributed by atoms with Crippen molar-refractivity contribution in [2.45, 2.75) is 12.8 Å². The van der Waals surface area contributed by atoms with Crippen molar-refractivity contribution in [1.29, 1.82) is 0 Å². The lowest BCUT2D eigenvalue weighted by Gasteiger charge is -1.91. The van der Waals surface area contributed by atoms with Crippen molar-refractivity contribution >= 4 is 0 Å². The van der Waals surface area contributed by atoms with Gasteiger partial charge in [-0.3, -0.25) is 5.10 Å². The van der Waals surface area contributed by atoms with Gasteiger partial charge in [0.2, 0.25) is 0 Å². The van der Waals surface area contributed by atoms with Crippen LogP contribution in [0.25, 0.3) is 0 Å². The summed E-state index contributed by atoms with van der Waals surface area (Å²) in [5.41, 5.74) is 1.99. The Kier molecular flexibility index (Phi) is 2.60. The number of rotatable bonds is 4. The lowest BCUT2D eigenvalue weighted by molar-refractivity contribution is 0.910. The molecule has 0 aliphatic heterocycles. The van der Waals surface area contributed by atoms with Crippen molar-refractivity contribution in [1.82, 2.24) is 15.4 Å². The number of hydrogen-bond donors (Lipinski definition) is 1. The Morgan fingerprint density at radius 1 is 1.27 bits per heavy atom. The van der Waals surface area contributed by atoms with E-state index in [9.17, 15) is 0 Å². The molecular formula is C8H11N3. The van der Waals surface area contributed by atoms with E-state index >= 15 is 0 Å². The van der Waals surface area contributed by atoms with E-state index < -0.39 is 0 Å². The van der Waals surface area contributed by atoms with Gasteiger partial charge in [-0.1, -0.05) is 17.4 Å². The van der Waals surface area contributed by atoms with E-state index in [1.807, 2.05) is 12.2 Å². The molecule has 1 N–H and O–H groups in total. The minimum atomic E-state index is 0.764. The van der Waals surface area contributed by atoms with E-state index in [0.717, 1.165) is 24.2 Å². The molecule has 58 valence electrons. The van der Waals surface area contributed by atoms with E-state index in [-0.39, 0.29) is 0 Å². The van der Waals surface area contributed by atoms with Gasteiger partial charge in [-0.25, -0.2) is 0 Å². The fraction of sp³-hybridized carbons (Fsp3) is 0.250. The van der Waals surface area contributed by atoms with Crippen molar-refractivity contribution in [3.8, 4) is 0 Å². The van der Waals surface area contributed by atoms with E-state index in [1.165, 1.54) is 0 Å². The van der Waals surface area contributed by atoms with Crippen LogP contribution in [0.1, 0.15) is 11.4 Å². The second-order valence-electron chi connectivity index (χ2n) is 2.22. The largest absolute Gasteiger partial charge is 0.262 e. The highest BCUT2D eigenvalue weighted by Gasteiger charge is 2.01. The van der Waals surface area contributed by atoms with E-state index in [1.54, 1.807) is 0 Å². The molecule has 0 radical (unpaired) electrons.